The Morgan fingerprint density at radius 3 is 2.82 bits per heavy atom. The van der Waals surface area contributed by atoms with Crippen LogP contribution >= 0.6 is 11.3 Å². The molecule has 3 aromatic rings. The summed E-state index contributed by atoms with van der Waals surface area (Å²) in [6.45, 7) is 6.31. The minimum Gasteiger partial charge on any atom is -0.504 e. The lowest BCUT2D eigenvalue weighted by Crippen LogP contribution is -1.97. The van der Waals surface area contributed by atoms with Crippen LogP contribution in [0.4, 0.5) is 0 Å². The van der Waals surface area contributed by atoms with Gasteiger partial charge in [0, 0.05) is 12.0 Å². The van der Waals surface area contributed by atoms with Crippen molar-refractivity contribution in [3.63, 3.8) is 0 Å². The van der Waals surface area contributed by atoms with Gasteiger partial charge in [0.2, 0.25) is 0 Å². The molecule has 1 heterocycles. The van der Waals surface area contributed by atoms with Crippen molar-refractivity contribution in [2.75, 3.05) is 6.61 Å². The fraction of sp³-hybridized carbons (Fsp3) is 0.167. The van der Waals surface area contributed by atoms with Gasteiger partial charge in [-0.3, -0.25) is 0 Å². The molecule has 0 radical (unpaired) electrons. The zero-order valence-corrected chi connectivity index (χ0v) is 13.2. The van der Waals surface area contributed by atoms with E-state index in [2.05, 4.69) is 11.6 Å². The second-order valence-electron chi connectivity index (χ2n) is 5.22. The van der Waals surface area contributed by atoms with E-state index < -0.39 is 0 Å². The van der Waals surface area contributed by atoms with E-state index in [0.29, 0.717) is 12.4 Å². The average Bonchev–Trinajstić information content (AvgIpc) is 2.92. The van der Waals surface area contributed by atoms with Crippen LogP contribution in [0.25, 0.3) is 20.8 Å². The minimum absolute atomic E-state index is 0.137. The number of hydrogen-bond acceptors (Lipinski definition) is 4. The van der Waals surface area contributed by atoms with E-state index in [1.54, 1.807) is 23.5 Å². The number of nitrogens with zero attached hydrogens (tertiary/aromatic N) is 1. The molecule has 0 saturated heterocycles. The zero-order chi connectivity index (χ0) is 15.5. The molecule has 112 valence electrons. The first-order chi connectivity index (χ1) is 10.6. The molecule has 0 aliphatic carbocycles. The van der Waals surface area contributed by atoms with Crippen molar-refractivity contribution >= 4 is 21.6 Å². The highest BCUT2D eigenvalue weighted by Crippen LogP contribution is 2.35. The van der Waals surface area contributed by atoms with E-state index in [1.165, 1.54) is 0 Å². The quantitative estimate of drug-likeness (QED) is 0.673. The predicted octanol–water partition coefficient (Wildman–Crippen LogP) is 5.01. The Morgan fingerprint density at radius 1 is 1.27 bits per heavy atom. The van der Waals surface area contributed by atoms with E-state index in [1.807, 2.05) is 37.3 Å². The molecule has 2 aromatic carbocycles. The van der Waals surface area contributed by atoms with Crippen molar-refractivity contribution in [1.29, 1.82) is 0 Å². The number of ether oxygens (including phenoxy) is 1. The number of phenolic OH excluding ortho intramolecular Hbond substituents is 1. The van der Waals surface area contributed by atoms with Gasteiger partial charge in [-0.2, -0.15) is 0 Å². The summed E-state index contributed by atoms with van der Waals surface area (Å²) >= 11 is 1.61. The predicted molar refractivity (Wildman–Crippen MR) is 91.6 cm³/mol. The summed E-state index contributed by atoms with van der Waals surface area (Å²) in [6, 6.07) is 13.4. The van der Waals surface area contributed by atoms with Crippen molar-refractivity contribution < 1.29 is 9.84 Å². The molecule has 1 aromatic heterocycles. The van der Waals surface area contributed by atoms with Gasteiger partial charge in [-0.15, -0.1) is 17.9 Å². The van der Waals surface area contributed by atoms with E-state index in [4.69, 9.17) is 4.74 Å². The SMILES string of the molecule is C=C(C)CCOc1ccc(-c2nc3ccccc3s2)cc1O. The first kappa shape index (κ1) is 14.6. The molecule has 3 rings (SSSR count). The summed E-state index contributed by atoms with van der Waals surface area (Å²) < 4.78 is 6.71. The molecule has 0 saturated carbocycles. The number of para-hydroxylation sites is 1. The lowest BCUT2D eigenvalue weighted by atomic mass is 10.2. The Labute approximate surface area is 133 Å². The Morgan fingerprint density at radius 2 is 2.09 bits per heavy atom. The monoisotopic (exact) mass is 311 g/mol. The summed E-state index contributed by atoms with van der Waals surface area (Å²) in [7, 11) is 0. The first-order valence-electron chi connectivity index (χ1n) is 7.09. The van der Waals surface area contributed by atoms with Gasteiger partial charge in [0.25, 0.3) is 0 Å². The number of hydrogen-bond donors (Lipinski definition) is 1. The Kier molecular flexibility index (Phi) is 4.11. The maximum Gasteiger partial charge on any atom is 0.160 e. The molecule has 0 fully saturated rings. The third kappa shape index (κ3) is 3.12. The summed E-state index contributed by atoms with van der Waals surface area (Å²) in [5.41, 5.74) is 2.93. The molecule has 1 N–H and O–H groups in total. The van der Waals surface area contributed by atoms with Crippen molar-refractivity contribution in [1.82, 2.24) is 4.98 Å². The molecule has 0 spiro atoms. The summed E-state index contributed by atoms with van der Waals surface area (Å²) in [5.74, 6) is 0.629. The number of aromatic hydroxyl groups is 1. The van der Waals surface area contributed by atoms with Gasteiger partial charge in [0.1, 0.15) is 5.01 Å². The highest BCUT2D eigenvalue weighted by atomic mass is 32.1. The van der Waals surface area contributed by atoms with Gasteiger partial charge in [-0.25, -0.2) is 4.98 Å². The van der Waals surface area contributed by atoms with Crippen LogP contribution in [0.1, 0.15) is 13.3 Å². The normalized spacial score (nSPS) is 10.8. The number of fused-ring (bicyclic) bond motifs is 1. The second-order valence-corrected chi connectivity index (χ2v) is 6.26. The van der Waals surface area contributed by atoms with Crippen LogP contribution in [0.3, 0.4) is 0 Å². The number of aromatic nitrogens is 1. The van der Waals surface area contributed by atoms with E-state index in [-0.39, 0.29) is 5.75 Å². The second kappa shape index (κ2) is 6.20. The van der Waals surface area contributed by atoms with Crippen LogP contribution in [0.5, 0.6) is 11.5 Å². The fourth-order valence-electron chi connectivity index (χ4n) is 2.10. The van der Waals surface area contributed by atoms with Crippen LogP contribution in [0, 0.1) is 0 Å². The van der Waals surface area contributed by atoms with Gasteiger partial charge < -0.3 is 9.84 Å². The van der Waals surface area contributed by atoms with Crippen LogP contribution in [-0.2, 0) is 0 Å². The standard InChI is InChI=1S/C18H17NO2S/c1-12(2)9-10-21-16-8-7-13(11-15(16)20)18-19-14-5-3-4-6-17(14)22-18/h3-8,11,20H,1,9-10H2,2H3. The lowest BCUT2D eigenvalue weighted by molar-refractivity contribution is 0.303. The first-order valence-corrected chi connectivity index (χ1v) is 7.91. The summed E-state index contributed by atoms with van der Waals surface area (Å²) in [5, 5.41) is 11.0. The largest absolute Gasteiger partial charge is 0.504 e. The maximum absolute atomic E-state index is 10.1. The average molecular weight is 311 g/mol. The minimum atomic E-state index is 0.137. The number of thiazole rings is 1. The topological polar surface area (TPSA) is 42.4 Å². The lowest BCUT2D eigenvalue weighted by Gasteiger charge is -2.08. The van der Waals surface area contributed by atoms with Gasteiger partial charge >= 0.3 is 0 Å². The fourth-order valence-corrected chi connectivity index (χ4v) is 3.07. The highest BCUT2D eigenvalue weighted by molar-refractivity contribution is 7.21. The number of rotatable bonds is 5. The third-order valence-electron chi connectivity index (χ3n) is 3.29. The third-order valence-corrected chi connectivity index (χ3v) is 4.37. The van der Waals surface area contributed by atoms with E-state index >= 15 is 0 Å². The molecule has 0 unspecified atom stereocenters. The molecule has 22 heavy (non-hydrogen) atoms. The van der Waals surface area contributed by atoms with Crippen molar-refractivity contribution in [2.24, 2.45) is 0 Å². The molecule has 0 atom stereocenters. The van der Waals surface area contributed by atoms with Crippen LogP contribution < -0.4 is 4.74 Å². The number of phenols is 1. The van der Waals surface area contributed by atoms with Gasteiger partial charge in [-0.05, 0) is 37.3 Å². The van der Waals surface area contributed by atoms with Gasteiger partial charge in [0.05, 0.1) is 16.8 Å². The smallest absolute Gasteiger partial charge is 0.160 e. The van der Waals surface area contributed by atoms with Crippen molar-refractivity contribution in [3.05, 3.63) is 54.6 Å². The molecular formula is C18H17NO2S. The van der Waals surface area contributed by atoms with Gasteiger partial charge in [0.15, 0.2) is 11.5 Å². The van der Waals surface area contributed by atoms with Crippen molar-refractivity contribution in [3.8, 4) is 22.1 Å². The Hall–Kier alpha value is -2.33. The molecule has 0 aliphatic rings. The molecule has 0 bridgehead atoms. The summed E-state index contributed by atoms with van der Waals surface area (Å²) in [4.78, 5) is 4.59. The van der Waals surface area contributed by atoms with E-state index in [0.717, 1.165) is 32.8 Å². The highest BCUT2D eigenvalue weighted by Gasteiger charge is 2.09. The number of benzene rings is 2. The van der Waals surface area contributed by atoms with E-state index in [9.17, 15) is 5.11 Å². The van der Waals surface area contributed by atoms with Gasteiger partial charge in [-0.1, -0.05) is 17.7 Å². The zero-order valence-electron chi connectivity index (χ0n) is 12.4. The molecule has 0 amide bonds. The molecular weight excluding hydrogens is 294 g/mol. The van der Waals surface area contributed by atoms with Crippen LogP contribution in [-0.4, -0.2) is 16.7 Å². The van der Waals surface area contributed by atoms with Crippen LogP contribution in [0.15, 0.2) is 54.6 Å². The maximum atomic E-state index is 10.1. The molecule has 3 nitrogen and oxygen atoms in total. The Bertz CT molecular complexity index is 790. The van der Waals surface area contributed by atoms with Crippen LogP contribution in [0.2, 0.25) is 0 Å². The molecule has 0 aliphatic heterocycles. The summed E-state index contributed by atoms with van der Waals surface area (Å²) in [6.07, 6.45) is 0.777. The van der Waals surface area contributed by atoms with Crippen molar-refractivity contribution in [2.45, 2.75) is 13.3 Å². The molecule has 4 heteroatoms. The Balaban J connectivity index is 1.83.